The summed E-state index contributed by atoms with van der Waals surface area (Å²) in [7, 11) is -2.19. The molecular formula is C13H12ClNO3S. The summed E-state index contributed by atoms with van der Waals surface area (Å²) in [5.41, 5.74) is 0.304. The van der Waals surface area contributed by atoms with Crippen LogP contribution in [0.25, 0.3) is 0 Å². The van der Waals surface area contributed by atoms with Crippen molar-refractivity contribution < 1.29 is 13.2 Å². The average molecular weight is 298 g/mol. The standard InChI is InChI=1S/C13H12ClNO3S/c1-18-13-8-7-10(14)9-12(13)15-19(16,17)11-5-3-2-4-6-11/h2-9,15H,1H3. The third-order valence-electron chi connectivity index (χ3n) is 2.46. The SMILES string of the molecule is COc1ccc(Cl)cc1NS(=O)(=O)c1ccccc1. The molecule has 0 unspecified atom stereocenters. The number of benzene rings is 2. The molecule has 0 saturated carbocycles. The molecule has 0 aliphatic rings. The summed E-state index contributed by atoms with van der Waals surface area (Å²) >= 11 is 5.86. The average Bonchev–Trinajstić information content (AvgIpc) is 2.39. The van der Waals surface area contributed by atoms with Crippen LogP contribution in [0.4, 0.5) is 5.69 Å². The lowest BCUT2D eigenvalue weighted by atomic mass is 10.3. The van der Waals surface area contributed by atoms with E-state index in [-0.39, 0.29) is 4.90 Å². The fourth-order valence-corrected chi connectivity index (χ4v) is 2.82. The van der Waals surface area contributed by atoms with E-state index in [1.165, 1.54) is 25.3 Å². The molecule has 19 heavy (non-hydrogen) atoms. The topological polar surface area (TPSA) is 55.4 Å². The van der Waals surface area contributed by atoms with Crippen molar-refractivity contribution in [2.24, 2.45) is 0 Å². The number of hydrogen-bond acceptors (Lipinski definition) is 3. The molecule has 0 aliphatic heterocycles. The predicted octanol–water partition coefficient (Wildman–Crippen LogP) is 3.15. The minimum Gasteiger partial charge on any atom is -0.495 e. The first-order valence-corrected chi connectivity index (χ1v) is 7.30. The van der Waals surface area contributed by atoms with E-state index in [0.29, 0.717) is 16.5 Å². The minimum atomic E-state index is -3.65. The summed E-state index contributed by atoms with van der Waals surface area (Å²) in [4.78, 5) is 0.178. The fraction of sp³-hybridized carbons (Fsp3) is 0.0769. The molecule has 0 heterocycles. The van der Waals surface area contributed by atoms with E-state index in [2.05, 4.69) is 4.72 Å². The first kappa shape index (κ1) is 13.7. The molecule has 0 fully saturated rings. The second-order valence-electron chi connectivity index (χ2n) is 3.76. The molecule has 2 aromatic rings. The van der Waals surface area contributed by atoms with E-state index in [1.807, 2.05) is 0 Å². The smallest absolute Gasteiger partial charge is 0.262 e. The van der Waals surface area contributed by atoms with Crippen molar-refractivity contribution in [3.8, 4) is 5.75 Å². The molecule has 0 radical (unpaired) electrons. The van der Waals surface area contributed by atoms with Gasteiger partial charge in [0.25, 0.3) is 10.0 Å². The molecule has 0 saturated heterocycles. The zero-order valence-electron chi connectivity index (χ0n) is 10.1. The van der Waals surface area contributed by atoms with Crippen molar-refractivity contribution in [2.75, 3.05) is 11.8 Å². The van der Waals surface area contributed by atoms with Crippen LogP contribution in [-0.2, 0) is 10.0 Å². The number of halogens is 1. The molecule has 0 atom stereocenters. The molecule has 6 heteroatoms. The van der Waals surface area contributed by atoms with E-state index in [0.717, 1.165) is 0 Å². The van der Waals surface area contributed by atoms with E-state index in [9.17, 15) is 8.42 Å². The van der Waals surface area contributed by atoms with E-state index in [1.54, 1.807) is 30.3 Å². The molecule has 0 bridgehead atoms. The highest BCUT2D eigenvalue weighted by Gasteiger charge is 2.16. The predicted molar refractivity (Wildman–Crippen MR) is 75.3 cm³/mol. The molecule has 0 aromatic heterocycles. The summed E-state index contributed by atoms with van der Waals surface area (Å²) in [5.74, 6) is 0.406. The van der Waals surface area contributed by atoms with E-state index in [4.69, 9.17) is 16.3 Å². The Morgan fingerprint density at radius 1 is 1.11 bits per heavy atom. The Morgan fingerprint density at radius 3 is 2.42 bits per heavy atom. The third kappa shape index (κ3) is 3.19. The van der Waals surface area contributed by atoms with Crippen molar-refractivity contribution in [3.05, 3.63) is 53.6 Å². The first-order valence-electron chi connectivity index (χ1n) is 5.44. The second-order valence-corrected chi connectivity index (χ2v) is 5.88. The van der Waals surface area contributed by atoms with Crippen LogP contribution in [0.3, 0.4) is 0 Å². The minimum absolute atomic E-state index is 0.178. The highest BCUT2D eigenvalue weighted by atomic mass is 35.5. The maximum Gasteiger partial charge on any atom is 0.262 e. The molecule has 0 aliphatic carbocycles. The van der Waals surface area contributed by atoms with Crippen molar-refractivity contribution >= 4 is 27.3 Å². The largest absolute Gasteiger partial charge is 0.495 e. The van der Waals surface area contributed by atoms with Crippen LogP contribution in [0.5, 0.6) is 5.75 Å². The van der Waals surface area contributed by atoms with Crippen LogP contribution in [0.2, 0.25) is 5.02 Å². The normalized spacial score (nSPS) is 11.1. The van der Waals surface area contributed by atoms with Gasteiger partial charge >= 0.3 is 0 Å². The van der Waals surface area contributed by atoms with Crippen molar-refractivity contribution in [1.82, 2.24) is 0 Å². The van der Waals surface area contributed by atoms with Gasteiger partial charge < -0.3 is 4.74 Å². The summed E-state index contributed by atoms with van der Waals surface area (Å²) in [6.45, 7) is 0. The number of hydrogen-bond donors (Lipinski definition) is 1. The molecule has 2 aromatic carbocycles. The van der Waals surface area contributed by atoms with Crippen LogP contribution in [0.15, 0.2) is 53.4 Å². The van der Waals surface area contributed by atoms with Crippen molar-refractivity contribution in [1.29, 1.82) is 0 Å². The molecule has 0 amide bonds. The highest BCUT2D eigenvalue weighted by molar-refractivity contribution is 7.92. The lowest BCUT2D eigenvalue weighted by Crippen LogP contribution is -2.13. The van der Waals surface area contributed by atoms with E-state index < -0.39 is 10.0 Å². The van der Waals surface area contributed by atoms with Gasteiger partial charge in [0.2, 0.25) is 0 Å². The number of methoxy groups -OCH3 is 1. The molecule has 4 nitrogen and oxygen atoms in total. The number of anilines is 1. The van der Waals surface area contributed by atoms with Crippen LogP contribution in [0, 0.1) is 0 Å². The lowest BCUT2D eigenvalue weighted by molar-refractivity contribution is 0.417. The Morgan fingerprint density at radius 2 is 1.79 bits per heavy atom. The third-order valence-corrected chi connectivity index (χ3v) is 4.08. The zero-order valence-corrected chi connectivity index (χ0v) is 11.7. The van der Waals surface area contributed by atoms with Crippen molar-refractivity contribution in [2.45, 2.75) is 4.90 Å². The Bertz CT molecular complexity index is 672. The van der Waals surface area contributed by atoms with Gasteiger partial charge in [0.1, 0.15) is 5.75 Å². The van der Waals surface area contributed by atoms with Gasteiger partial charge in [-0.3, -0.25) is 4.72 Å². The Hall–Kier alpha value is -1.72. The first-order chi connectivity index (χ1) is 9.03. The van der Waals surface area contributed by atoms with Crippen LogP contribution in [-0.4, -0.2) is 15.5 Å². The molecule has 1 N–H and O–H groups in total. The Balaban J connectivity index is 2.38. The maximum atomic E-state index is 12.2. The van der Waals surface area contributed by atoms with Gasteiger partial charge in [-0.15, -0.1) is 0 Å². The Labute approximate surface area is 117 Å². The maximum absolute atomic E-state index is 12.2. The summed E-state index contributed by atoms with van der Waals surface area (Å²) in [6, 6.07) is 12.8. The quantitative estimate of drug-likeness (QED) is 0.943. The number of ether oxygens (including phenoxy) is 1. The second kappa shape index (κ2) is 5.50. The monoisotopic (exact) mass is 297 g/mol. The number of sulfonamides is 1. The van der Waals surface area contributed by atoms with Gasteiger partial charge in [-0.05, 0) is 30.3 Å². The van der Waals surface area contributed by atoms with E-state index >= 15 is 0 Å². The zero-order chi connectivity index (χ0) is 13.9. The summed E-state index contributed by atoms with van der Waals surface area (Å²) < 4.78 is 31.9. The van der Waals surface area contributed by atoms with Gasteiger partial charge in [-0.25, -0.2) is 8.42 Å². The molecular weight excluding hydrogens is 286 g/mol. The van der Waals surface area contributed by atoms with Crippen molar-refractivity contribution in [3.63, 3.8) is 0 Å². The van der Waals surface area contributed by atoms with Crippen LogP contribution < -0.4 is 9.46 Å². The fourth-order valence-electron chi connectivity index (χ4n) is 1.56. The highest BCUT2D eigenvalue weighted by Crippen LogP contribution is 2.29. The molecule has 100 valence electrons. The summed E-state index contributed by atoms with van der Waals surface area (Å²) in [6.07, 6.45) is 0. The van der Waals surface area contributed by atoms with Crippen LogP contribution >= 0.6 is 11.6 Å². The van der Waals surface area contributed by atoms with Crippen LogP contribution in [0.1, 0.15) is 0 Å². The number of nitrogens with one attached hydrogen (secondary N) is 1. The summed E-state index contributed by atoms with van der Waals surface area (Å²) in [5, 5.41) is 0.423. The van der Waals surface area contributed by atoms with Gasteiger partial charge in [0.05, 0.1) is 17.7 Å². The van der Waals surface area contributed by atoms with Gasteiger partial charge in [0, 0.05) is 5.02 Å². The van der Waals surface area contributed by atoms with Gasteiger partial charge in [0.15, 0.2) is 0 Å². The molecule has 0 spiro atoms. The Kier molecular flexibility index (Phi) is 3.97. The molecule has 2 rings (SSSR count). The van der Waals surface area contributed by atoms with Gasteiger partial charge in [-0.1, -0.05) is 29.8 Å². The number of rotatable bonds is 4. The lowest BCUT2D eigenvalue weighted by Gasteiger charge is -2.12. The van der Waals surface area contributed by atoms with Gasteiger partial charge in [-0.2, -0.15) is 0 Å².